The third-order valence-electron chi connectivity index (χ3n) is 4.77. The molecule has 2 N–H and O–H groups in total. The number of rotatable bonds is 2. The Bertz CT molecular complexity index is 657. The van der Waals surface area contributed by atoms with Gasteiger partial charge in [0.1, 0.15) is 16.2 Å². The largest absolute Gasteiger partial charge is 0.383 e. The van der Waals surface area contributed by atoms with Crippen LogP contribution in [0.1, 0.15) is 54.8 Å². The first-order valence-corrected chi connectivity index (χ1v) is 8.48. The van der Waals surface area contributed by atoms with E-state index in [1.165, 1.54) is 23.3 Å². The van der Waals surface area contributed by atoms with Crippen LogP contribution in [0.15, 0.2) is 0 Å². The van der Waals surface area contributed by atoms with E-state index in [-0.39, 0.29) is 5.60 Å². The summed E-state index contributed by atoms with van der Waals surface area (Å²) in [6.07, 6.45) is 6.82. The summed E-state index contributed by atoms with van der Waals surface area (Å²) in [6.45, 7) is 4.20. The second-order valence-electron chi connectivity index (χ2n) is 6.01. The minimum absolute atomic E-state index is 0.357. The van der Waals surface area contributed by atoms with Crippen LogP contribution in [0, 0.1) is 13.8 Å². The maximum Gasteiger partial charge on any atom is 0.164 e. The number of nitrogens with zero attached hydrogens (tertiary/aromatic N) is 2. The van der Waals surface area contributed by atoms with Crippen molar-refractivity contribution in [1.82, 2.24) is 9.97 Å². The molecule has 0 aliphatic heterocycles. The van der Waals surface area contributed by atoms with E-state index in [1.54, 1.807) is 18.4 Å². The van der Waals surface area contributed by atoms with Crippen molar-refractivity contribution in [3.8, 4) is 0 Å². The molecule has 0 saturated heterocycles. The number of anilines is 1. The van der Waals surface area contributed by atoms with Gasteiger partial charge in [-0.05, 0) is 32.3 Å². The second-order valence-corrected chi connectivity index (χ2v) is 7.21. The van der Waals surface area contributed by atoms with Crippen LogP contribution in [0.25, 0.3) is 10.2 Å². The molecule has 0 atom stereocenters. The third kappa shape index (κ3) is 2.42. The van der Waals surface area contributed by atoms with Crippen LogP contribution in [-0.4, -0.2) is 17.1 Å². The van der Waals surface area contributed by atoms with E-state index in [1.807, 2.05) is 0 Å². The van der Waals surface area contributed by atoms with Crippen molar-refractivity contribution in [2.24, 2.45) is 0 Å². The number of aromatic nitrogens is 2. The van der Waals surface area contributed by atoms with Crippen molar-refractivity contribution in [3.63, 3.8) is 0 Å². The number of nitrogens with two attached hydrogens (primary N) is 1. The fraction of sp³-hybridized carbons (Fsp3) is 0.625. The normalized spacial score (nSPS) is 18.8. The standard InChI is InChI=1S/C16H23N3OS/c1-10-11(2)21-14-12(10)13(17)18-15(19-14)16(20-3)8-6-4-5-7-9-16/h4-9H2,1-3H3,(H2,17,18,19). The van der Waals surface area contributed by atoms with Crippen molar-refractivity contribution in [3.05, 3.63) is 16.3 Å². The molecule has 2 aromatic rings. The molecule has 2 heterocycles. The van der Waals surface area contributed by atoms with Gasteiger partial charge in [0.05, 0.1) is 5.39 Å². The van der Waals surface area contributed by atoms with E-state index in [0.717, 1.165) is 41.7 Å². The monoisotopic (exact) mass is 305 g/mol. The Morgan fingerprint density at radius 3 is 2.38 bits per heavy atom. The predicted molar refractivity (Wildman–Crippen MR) is 87.7 cm³/mol. The first-order valence-electron chi connectivity index (χ1n) is 7.66. The Labute approximate surface area is 129 Å². The zero-order valence-electron chi connectivity index (χ0n) is 13.0. The van der Waals surface area contributed by atoms with Gasteiger partial charge in [-0.1, -0.05) is 25.7 Å². The van der Waals surface area contributed by atoms with Gasteiger partial charge in [-0.25, -0.2) is 9.97 Å². The maximum absolute atomic E-state index is 6.23. The molecule has 0 spiro atoms. The Kier molecular flexibility index (Phi) is 3.88. The van der Waals surface area contributed by atoms with Gasteiger partial charge in [-0.2, -0.15) is 0 Å². The SMILES string of the molecule is COC1(c2nc(N)c3c(C)c(C)sc3n2)CCCCCC1. The third-order valence-corrected chi connectivity index (χ3v) is 5.87. The van der Waals surface area contributed by atoms with Crippen molar-refractivity contribution >= 4 is 27.4 Å². The smallest absolute Gasteiger partial charge is 0.164 e. The van der Waals surface area contributed by atoms with Gasteiger partial charge < -0.3 is 10.5 Å². The van der Waals surface area contributed by atoms with E-state index in [4.69, 9.17) is 15.5 Å². The van der Waals surface area contributed by atoms with Crippen LogP contribution < -0.4 is 5.73 Å². The van der Waals surface area contributed by atoms with Gasteiger partial charge in [-0.15, -0.1) is 11.3 Å². The summed E-state index contributed by atoms with van der Waals surface area (Å²) in [6, 6.07) is 0. The summed E-state index contributed by atoms with van der Waals surface area (Å²) in [5, 5.41) is 1.01. The molecule has 21 heavy (non-hydrogen) atoms. The molecule has 114 valence electrons. The average molecular weight is 305 g/mol. The van der Waals surface area contributed by atoms with Crippen LogP contribution in [0.2, 0.25) is 0 Å². The lowest BCUT2D eigenvalue weighted by atomic mass is 9.93. The molecule has 0 aromatic carbocycles. The molecule has 1 fully saturated rings. The number of ether oxygens (including phenoxy) is 1. The number of thiophene rings is 1. The molecular weight excluding hydrogens is 282 g/mol. The minimum Gasteiger partial charge on any atom is -0.383 e. The molecule has 2 aromatic heterocycles. The summed E-state index contributed by atoms with van der Waals surface area (Å²) >= 11 is 1.70. The summed E-state index contributed by atoms with van der Waals surface area (Å²) in [7, 11) is 1.78. The lowest BCUT2D eigenvalue weighted by molar-refractivity contribution is -0.0347. The van der Waals surface area contributed by atoms with E-state index in [0.29, 0.717) is 5.82 Å². The highest BCUT2D eigenvalue weighted by Gasteiger charge is 2.36. The Balaban J connectivity index is 2.14. The molecule has 0 bridgehead atoms. The van der Waals surface area contributed by atoms with E-state index in [9.17, 15) is 0 Å². The molecule has 0 unspecified atom stereocenters. The predicted octanol–water partition coefficient (Wildman–Crippen LogP) is 4.09. The van der Waals surface area contributed by atoms with Gasteiger partial charge in [0.2, 0.25) is 0 Å². The van der Waals surface area contributed by atoms with E-state index in [2.05, 4.69) is 18.8 Å². The van der Waals surface area contributed by atoms with Crippen LogP contribution in [0.4, 0.5) is 5.82 Å². The highest BCUT2D eigenvalue weighted by molar-refractivity contribution is 7.18. The first kappa shape index (κ1) is 14.7. The van der Waals surface area contributed by atoms with Crippen LogP contribution in [0.5, 0.6) is 0 Å². The van der Waals surface area contributed by atoms with Gasteiger partial charge in [0, 0.05) is 12.0 Å². The molecule has 1 saturated carbocycles. The highest BCUT2D eigenvalue weighted by atomic mass is 32.1. The van der Waals surface area contributed by atoms with Crippen LogP contribution in [-0.2, 0) is 10.3 Å². The lowest BCUT2D eigenvalue weighted by Gasteiger charge is -2.29. The summed E-state index contributed by atoms with van der Waals surface area (Å²) in [5.41, 5.74) is 7.07. The maximum atomic E-state index is 6.23. The molecule has 3 rings (SSSR count). The van der Waals surface area contributed by atoms with Gasteiger partial charge in [-0.3, -0.25) is 0 Å². The van der Waals surface area contributed by atoms with Crippen LogP contribution >= 0.6 is 11.3 Å². The first-order chi connectivity index (χ1) is 10.1. The number of hydrogen-bond acceptors (Lipinski definition) is 5. The quantitative estimate of drug-likeness (QED) is 0.849. The molecular formula is C16H23N3OS. The fourth-order valence-corrected chi connectivity index (χ4v) is 4.34. The second kappa shape index (κ2) is 5.54. The summed E-state index contributed by atoms with van der Waals surface area (Å²) in [4.78, 5) is 11.7. The summed E-state index contributed by atoms with van der Waals surface area (Å²) < 4.78 is 5.91. The molecule has 5 heteroatoms. The number of hydrogen-bond donors (Lipinski definition) is 1. The number of methoxy groups -OCH3 is 1. The van der Waals surface area contributed by atoms with Gasteiger partial charge >= 0.3 is 0 Å². The molecule has 0 amide bonds. The van der Waals surface area contributed by atoms with Crippen molar-refractivity contribution in [2.45, 2.75) is 58.0 Å². The topological polar surface area (TPSA) is 61.0 Å². The van der Waals surface area contributed by atoms with Gasteiger partial charge in [0.15, 0.2) is 5.82 Å². The molecule has 1 aliphatic rings. The number of fused-ring (bicyclic) bond motifs is 1. The van der Waals surface area contributed by atoms with Crippen molar-refractivity contribution in [1.29, 1.82) is 0 Å². The highest BCUT2D eigenvalue weighted by Crippen LogP contribution is 2.40. The van der Waals surface area contributed by atoms with Crippen molar-refractivity contribution < 1.29 is 4.74 Å². The van der Waals surface area contributed by atoms with Gasteiger partial charge in [0.25, 0.3) is 0 Å². The Morgan fingerprint density at radius 2 is 1.76 bits per heavy atom. The fourth-order valence-electron chi connectivity index (χ4n) is 3.30. The molecule has 1 aliphatic carbocycles. The van der Waals surface area contributed by atoms with Crippen LogP contribution in [0.3, 0.4) is 0 Å². The van der Waals surface area contributed by atoms with Crippen molar-refractivity contribution in [2.75, 3.05) is 12.8 Å². The molecule has 4 nitrogen and oxygen atoms in total. The number of aryl methyl sites for hydroxylation is 2. The minimum atomic E-state index is -0.357. The van der Waals surface area contributed by atoms with E-state index < -0.39 is 0 Å². The average Bonchev–Trinajstić information content (AvgIpc) is 2.67. The Hall–Kier alpha value is -1.20. The number of nitrogen functional groups attached to an aromatic ring is 1. The zero-order valence-corrected chi connectivity index (χ0v) is 13.8. The molecule has 0 radical (unpaired) electrons. The zero-order chi connectivity index (χ0) is 15.0. The van der Waals surface area contributed by atoms with E-state index >= 15 is 0 Å². The lowest BCUT2D eigenvalue weighted by Crippen LogP contribution is -2.30. The Morgan fingerprint density at radius 1 is 1.10 bits per heavy atom. The summed E-state index contributed by atoms with van der Waals surface area (Å²) in [5.74, 6) is 1.37.